The Hall–Kier alpha value is -1.54. The zero-order valence-electron chi connectivity index (χ0n) is 10.5. The average molecular weight is 328 g/mol. The molecule has 0 fully saturated rings. The second-order valence-corrected chi connectivity index (χ2v) is 4.88. The third-order valence-electron chi connectivity index (χ3n) is 2.50. The van der Waals surface area contributed by atoms with E-state index in [1.165, 1.54) is 9.42 Å². The predicted octanol–water partition coefficient (Wildman–Crippen LogP) is 0.731. The highest BCUT2D eigenvalue weighted by Crippen LogP contribution is 2.09. The Morgan fingerprint density at radius 1 is 1.53 bits per heavy atom. The lowest BCUT2D eigenvalue weighted by atomic mass is 10.3. The number of aliphatic hydroxyl groups is 1. The number of hydrogen-bond acceptors (Lipinski definition) is 5. The fraction of sp³-hybridized carbons (Fsp3) is 0.455. The summed E-state index contributed by atoms with van der Waals surface area (Å²) in [5, 5.41) is 13.1. The van der Waals surface area contributed by atoms with Crippen LogP contribution in [-0.4, -0.2) is 55.2 Å². The number of aliphatic hydroxyl groups excluding tert-OH is 1. The van der Waals surface area contributed by atoms with E-state index in [0.29, 0.717) is 12.3 Å². The van der Waals surface area contributed by atoms with Crippen LogP contribution in [0.4, 0.5) is 0 Å². The molecule has 2 aromatic heterocycles. The molecule has 102 valence electrons. The number of hydrogen-bond donors (Lipinski definition) is 1. The van der Waals surface area contributed by atoms with Gasteiger partial charge in [-0.3, -0.25) is 4.79 Å². The Morgan fingerprint density at radius 3 is 3.00 bits per heavy atom. The van der Waals surface area contributed by atoms with Gasteiger partial charge in [-0.25, -0.2) is 9.50 Å². The van der Waals surface area contributed by atoms with Crippen LogP contribution in [-0.2, 0) is 0 Å². The predicted molar refractivity (Wildman–Crippen MR) is 71.8 cm³/mol. The van der Waals surface area contributed by atoms with Crippen LogP contribution in [0.15, 0.2) is 16.9 Å². The smallest absolute Gasteiger partial charge is 0.293 e. The van der Waals surface area contributed by atoms with Crippen LogP contribution >= 0.6 is 15.9 Å². The van der Waals surface area contributed by atoms with E-state index < -0.39 is 0 Å². The van der Waals surface area contributed by atoms with Crippen molar-refractivity contribution in [1.29, 1.82) is 0 Å². The molecule has 0 saturated heterocycles. The first-order valence-corrected chi connectivity index (χ1v) is 6.73. The summed E-state index contributed by atoms with van der Waals surface area (Å²) in [7, 11) is 0. The van der Waals surface area contributed by atoms with Crippen molar-refractivity contribution >= 4 is 27.6 Å². The van der Waals surface area contributed by atoms with E-state index in [4.69, 9.17) is 5.11 Å². The number of carbonyl (C=O) groups is 1. The molecule has 0 unspecified atom stereocenters. The van der Waals surface area contributed by atoms with Crippen molar-refractivity contribution in [1.82, 2.24) is 24.5 Å². The standard InChI is InChI=1S/C11H14BrN5O2/c1-2-3-16(4-5-18)10(19)9-14-11-13-6-8(12)7-17(11)15-9/h6-7,18H,2-5H2,1H3. The molecule has 0 bridgehead atoms. The Kier molecular flexibility index (Phi) is 4.43. The zero-order chi connectivity index (χ0) is 13.8. The molecule has 0 spiro atoms. The summed E-state index contributed by atoms with van der Waals surface area (Å²) in [6, 6.07) is 0. The maximum Gasteiger partial charge on any atom is 0.293 e. The molecule has 0 aromatic carbocycles. The lowest BCUT2D eigenvalue weighted by Crippen LogP contribution is -2.35. The number of nitrogens with zero attached hydrogens (tertiary/aromatic N) is 5. The Bertz CT molecular complexity index is 579. The molecule has 1 amide bonds. The minimum absolute atomic E-state index is 0.0804. The lowest BCUT2D eigenvalue weighted by Gasteiger charge is -2.18. The van der Waals surface area contributed by atoms with Crippen molar-refractivity contribution < 1.29 is 9.90 Å². The molecule has 0 aliphatic heterocycles. The molecular formula is C11H14BrN5O2. The zero-order valence-corrected chi connectivity index (χ0v) is 12.0. The van der Waals surface area contributed by atoms with Gasteiger partial charge in [0.15, 0.2) is 0 Å². The quantitative estimate of drug-likeness (QED) is 0.875. The number of fused-ring (bicyclic) bond motifs is 1. The second-order valence-electron chi connectivity index (χ2n) is 3.97. The molecule has 2 heterocycles. The number of aromatic nitrogens is 4. The molecular weight excluding hydrogens is 314 g/mol. The summed E-state index contributed by atoms with van der Waals surface area (Å²) >= 11 is 3.28. The second kappa shape index (κ2) is 6.07. The molecule has 2 rings (SSSR count). The number of amides is 1. The van der Waals surface area contributed by atoms with Gasteiger partial charge in [-0.05, 0) is 22.4 Å². The Labute approximate surface area is 118 Å². The van der Waals surface area contributed by atoms with Gasteiger partial charge in [-0.2, -0.15) is 4.98 Å². The van der Waals surface area contributed by atoms with Crippen LogP contribution < -0.4 is 0 Å². The lowest BCUT2D eigenvalue weighted by molar-refractivity contribution is 0.0710. The third-order valence-corrected chi connectivity index (χ3v) is 2.91. The van der Waals surface area contributed by atoms with Crippen LogP contribution in [0.5, 0.6) is 0 Å². The molecule has 0 radical (unpaired) electrons. The SMILES string of the molecule is CCCN(CCO)C(=O)c1nc2ncc(Br)cn2n1. The Balaban J connectivity index is 2.29. The summed E-state index contributed by atoms with van der Waals surface area (Å²) in [6.07, 6.45) is 4.08. The van der Waals surface area contributed by atoms with Gasteiger partial charge < -0.3 is 10.0 Å². The van der Waals surface area contributed by atoms with Gasteiger partial charge in [-0.1, -0.05) is 6.92 Å². The number of halogens is 1. The minimum Gasteiger partial charge on any atom is -0.395 e. The molecule has 8 heteroatoms. The van der Waals surface area contributed by atoms with Crippen molar-refractivity contribution in [2.24, 2.45) is 0 Å². The van der Waals surface area contributed by atoms with Gasteiger partial charge in [0, 0.05) is 25.5 Å². The average Bonchev–Trinajstić information content (AvgIpc) is 2.80. The van der Waals surface area contributed by atoms with Crippen LogP contribution in [0, 0.1) is 0 Å². The van der Waals surface area contributed by atoms with Crippen LogP contribution in [0.1, 0.15) is 24.0 Å². The fourth-order valence-corrected chi connectivity index (χ4v) is 1.99. The maximum atomic E-state index is 12.2. The van der Waals surface area contributed by atoms with E-state index in [1.807, 2.05) is 6.92 Å². The first-order chi connectivity index (χ1) is 9.15. The molecule has 2 aromatic rings. The normalized spacial score (nSPS) is 10.9. The summed E-state index contributed by atoms with van der Waals surface area (Å²) < 4.78 is 2.20. The van der Waals surface area contributed by atoms with E-state index in [2.05, 4.69) is 31.0 Å². The maximum absolute atomic E-state index is 12.2. The highest BCUT2D eigenvalue weighted by Gasteiger charge is 2.19. The van der Waals surface area contributed by atoms with Crippen molar-refractivity contribution in [2.45, 2.75) is 13.3 Å². The van der Waals surface area contributed by atoms with E-state index >= 15 is 0 Å². The van der Waals surface area contributed by atoms with Crippen molar-refractivity contribution in [3.8, 4) is 0 Å². The largest absolute Gasteiger partial charge is 0.395 e. The van der Waals surface area contributed by atoms with E-state index in [-0.39, 0.29) is 24.9 Å². The van der Waals surface area contributed by atoms with Crippen LogP contribution in [0.3, 0.4) is 0 Å². The van der Waals surface area contributed by atoms with Gasteiger partial charge in [0.05, 0.1) is 11.1 Å². The van der Waals surface area contributed by atoms with Gasteiger partial charge in [0.1, 0.15) is 0 Å². The highest BCUT2D eigenvalue weighted by molar-refractivity contribution is 9.10. The molecule has 0 aliphatic carbocycles. The topological polar surface area (TPSA) is 83.6 Å². The summed E-state index contributed by atoms with van der Waals surface area (Å²) in [6.45, 7) is 2.72. The highest BCUT2D eigenvalue weighted by atomic mass is 79.9. The minimum atomic E-state index is -0.294. The number of rotatable bonds is 5. The summed E-state index contributed by atoms with van der Waals surface area (Å²) in [5.74, 6) is 0.164. The van der Waals surface area contributed by atoms with Gasteiger partial charge in [-0.15, -0.1) is 5.10 Å². The molecule has 0 atom stereocenters. The molecule has 1 N–H and O–H groups in total. The van der Waals surface area contributed by atoms with E-state index in [1.54, 1.807) is 12.4 Å². The Morgan fingerprint density at radius 2 is 2.32 bits per heavy atom. The third kappa shape index (κ3) is 3.07. The number of carbonyl (C=O) groups excluding carboxylic acids is 1. The van der Waals surface area contributed by atoms with E-state index in [0.717, 1.165) is 10.9 Å². The summed E-state index contributed by atoms with van der Waals surface area (Å²) in [4.78, 5) is 21.9. The molecule has 0 aliphatic rings. The summed E-state index contributed by atoms with van der Waals surface area (Å²) in [5.41, 5.74) is 0. The van der Waals surface area contributed by atoms with Crippen molar-refractivity contribution in [3.05, 3.63) is 22.7 Å². The van der Waals surface area contributed by atoms with Crippen LogP contribution in [0.25, 0.3) is 5.78 Å². The van der Waals surface area contributed by atoms with E-state index in [9.17, 15) is 4.79 Å². The molecule has 19 heavy (non-hydrogen) atoms. The van der Waals surface area contributed by atoms with Crippen molar-refractivity contribution in [2.75, 3.05) is 19.7 Å². The van der Waals surface area contributed by atoms with Gasteiger partial charge in [0.2, 0.25) is 5.82 Å². The first-order valence-electron chi connectivity index (χ1n) is 5.93. The molecule has 7 nitrogen and oxygen atoms in total. The van der Waals surface area contributed by atoms with Gasteiger partial charge in [0.25, 0.3) is 11.7 Å². The molecule has 0 saturated carbocycles. The van der Waals surface area contributed by atoms with Crippen molar-refractivity contribution in [3.63, 3.8) is 0 Å². The van der Waals surface area contributed by atoms with Gasteiger partial charge >= 0.3 is 0 Å². The first kappa shape index (κ1) is 13.9. The van der Waals surface area contributed by atoms with Crippen LogP contribution in [0.2, 0.25) is 0 Å². The monoisotopic (exact) mass is 327 g/mol. The fourth-order valence-electron chi connectivity index (χ4n) is 1.70.